The van der Waals surface area contributed by atoms with Crippen LogP contribution in [0.5, 0.6) is 5.75 Å². The van der Waals surface area contributed by atoms with Crippen molar-refractivity contribution >= 4 is 27.5 Å². The molecule has 3 aliphatic rings. The molecule has 4 rings (SSSR count). The number of carbonyl (C=O) groups is 2. The molecule has 1 saturated heterocycles. The van der Waals surface area contributed by atoms with Crippen molar-refractivity contribution in [3.63, 3.8) is 0 Å². The summed E-state index contributed by atoms with van der Waals surface area (Å²) in [5, 5.41) is 5.84. The molecule has 0 aromatic heterocycles. The Balaban J connectivity index is 1.38. The van der Waals surface area contributed by atoms with Crippen LogP contribution in [0.4, 0.5) is 5.69 Å². The fourth-order valence-corrected chi connectivity index (χ4v) is 5.92. The van der Waals surface area contributed by atoms with E-state index in [2.05, 4.69) is 10.6 Å². The summed E-state index contributed by atoms with van der Waals surface area (Å²) in [6, 6.07) is 4.78. The van der Waals surface area contributed by atoms with Gasteiger partial charge in [-0.1, -0.05) is 19.3 Å². The van der Waals surface area contributed by atoms with Crippen LogP contribution >= 0.6 is 0 Å². The molecule has 0 radical (unpaired) electrons. The van der Waals surface area contributed by atoms with Crippen molar-refractivity contribution in [2.24, 2.45) is 5.92 Å². The number of amides is 2. The smallest absolute Gasteiger partial charge is 0.265 e. The van der Waals surface area contributed by atoms with E-state index >= 15 is 0 Å². The maximum atomic E-state index is 13.1. The summed E-state index contributed by atoms with van der Waals surface area (Å²) >= 11 is 0. The van der Waals surface area contributed by atoms with Crippen LogP contribution in [0.1, 0.15) is 51.9 Å². The van der Waals surface area contributed by atoms with Crippen molar-refractivity contribution in [2.45, 2.75) is 68.9 Å². The molecule has 2 fully saturated rings. The number of ether oxygens (including phenoxy) is 1. The fraction of sp³-hybridized carbons (Fsp3) is 0.619. The number of piperidine rings is 1. The summed E-state index contributed by atoms with van der Waals surface area (Å²) < 4.78 is 33.1. The highest BCUT2D eigenvalue weighted by Crippen LogP contribution is 2.33. The van der Waals surface area contributed by atoms with Crippen molar-refractivity contribution in [1.82, 2.24) is 9.62 Å². The van der Waals surface area contributed by atoms with Gasteiger partial charge in [0.15, 0.2) is 6.10 Å². The molecule has 2 N–H and O–H groups in total. The monoisotopic (exact) mass is 435 g/mol. The van der Waals surface area contributed by atoms with Gasteiger partial charge in [-0.3, -0.25) is 9.59 Å². The Morgan fingerprint density at radius 2 is 1.83 bits per heavy atom. The van der Waals surface area contributed by atoms with Crippen LogP contribution in [0.25, 0.3) is 0 Å². The second-order valence-electron chi connectivity index (χ2n) is 8.43. The van der Waals surface area contributed by atoms with Gasteiger partial charge in [0.2, 0.25) is 15.9 Å². The number of rotatable bonds is 4. The normalized spacial score (nSPS) is 23.9. The second-order valence-corrected chi connectivity index (χ2v) is 10.4. The van der Waals surface area contributed by atoms with E-state index in [1.54, 1.807) is 13.0 Å². The van der Waals surface area contributed by atoms with Crippen LogP contribution in [-0.4, -0.2) is 49.8 Å². The lowest BCUT2D eigenvalue weighted by atomic mass is 9.93. The number of carbonyl (C=O) groups excluding carboxylic acids is 2. The summed E-state index contributed by atoms with van der Waals surface area (Å²) in [5.41, 5.74) is 0.362. The van der Waals surface area contributed by atoms with Crippen LogP contribution < -0.4 is 15.4 Å². The van der Waals surface area contributed by atoms with E-state index in [1.807, 2.05) is 0 Å². The van der Waals surface area contributed by atoms with Crippen molar-refractivity contribution in [1.29, 1.82) is 0 Å². The molecule has 1 aromatic rings. The first kappa shape index (κ1) is 21.1. The predicted octanol–water partition coefficient (Wildman–Crippen LogP) is 2.26. The van der Waals surface area contributed by atoms with Crippen molar-refractivity contribution < 1.29 is 22.7 Å². The van der Waals surface area contributed by atoms with Crippen LogP contribution in [0, 0.1) is 5.92 Å². The first-order valence-corrected chi connectivity index (χ1v) is 12.2. The second kappa shape index (κ2) is 8.55. The lowest BCUT2D eigenvalue weighted by molar-refractivity contribution is -0.127. The number of hydrogen-bond donors (Lipinski definition) is 2. The molecule has 0 bridgehead atoms. The van der Waals surface area contributed by atoms with Crippen molar-refractivity contribution in [3.05, 3.63) is 18.2 Å². The summed E-state index contributed by atoms with van der Waals surface area (Å²) in [6.45, 7) is 2.25. The Morgan fingerprint density at radius 1 is 1.13 bits per heavy atom. The highest BCUT2D eigenvalue weighted by atomic mass is 32.2. The molecule has 1 aliphatic carbocycles. The molecule has 9 heteroatoms. The molecule has 0 unspecified atom stereocenters. The largest absolute Gasteiger partial charge is 0.479 e. The topological polar surface area (TPSA) is 105 Å². The molecule has 1 atom stereocenters. The predicted molar refractivity (Wildman–Crippen MR) is 112 cm³/mol. The first-order chi connectivity index (χ1) is 14.3. The molecular formula is C21H29N3O5S. The van der Waals surface area contributed by atoms with Gasteiger partial charge >= 0.3 is 0 Å². The van der Waals surface area contributed by atoms with Gasteiger partial charge in [0, 0.05) is 25.0 Å². The van der Waals surface area contributed by atoms with Crippen molar-refractivity contribution in [3.8, 4) is 5.75 Å². The molecule has 1 aromatic carbocycles. The SMILES string of the molecule is C[C@H]1Oc2ccc(S(=O)(=O)N3CCC(C(=O)NC4CCCCC4)CC3)cc2NC1=O. The molecule has 0 spiro atoms. The molecule has 2 amide bonds. The summed E-state index contributed by atoms with van der Waals surface area (Å²) in [6.07, 6.45) is 6.05. The quantitative estimate of drug-likeness (QED) is 0.755. The Hall–Kier alpha value is -2.13. The van der Waals surface area contributed by atoms with Gasteiger partial charge in [0.1, 0.15) is 5.75 Å². The lowest BCUT2D eigenvalue weighted by Gasteiger charge is -2.32. The zero-order chi connectivity index (χ0) is 21.3. The van der Waals surface area contributed by atoms with Crippen molar-refractivity contribution in [2.75, 3.05) is 18.4 Å². The molecule has 1 saturated carbocycles. The highest BCUT2D eigenvalue weighted by molar-refractivity contribution is 7.89. The number of sulfonamides is 1. The zero-order valence-corrected chi connectivity index (χ0v) is 18.0. The Bertz CT molecular complexity index is 919. The molecule has 2 aliphatic heterocycles. The zero-order valence-electron chi connectivity index (χ0n) is 17.2. The fourth-order valence-electron chi connectivity index (χ4n) is 4.42. The molecule has 8 nitrogen and oxygen atoms in total. The number of nitrogens with one attached hydrogen (secondary N) is 2. The third-order valence-electron chi connectivity index (χ3n) is 6.30. The third-order valence-corrected chi connectivity index (χ3v) is 8.19. The highest BCUT2D eigenvalue weighted by Gasteiger charge is 2.34. The average Bonchev–Trinajstić information content (AvgIpc) is 2.75. The van der Waals surface area contributed by atoms with E-state index in [0.717, 1.165) is 25.7 Å². The van der Waals surface area contributed by atoms with Gasteiger partial charge in [-0.15, -0.1) is 0 Å². The van der Waals surface area contributed by atoms with Crippen LogP contribution in [0.2, 0.25) is 0 Å². The maximum absolute atomic E-state index is 13.1. The molecule has 164 valence electrons. The minimum atomic E-state index is -3.71. The van der Waals surface area contributed by atoms with Gasteiger partial charge in [-0.2, -0.15) is 4.31 Å². The Kier molecular flexibility index (Phi) is 6.02. The molecule has 30 heavy (non-hydrogen) atoms. The van der Waals surface area contributed by atoms with Gasteiger partial charge in [-0.25, -0.2) is 8.42 Å². The van der Waals surface area contributed by atoms with Gasteiger partial charge in [-0.05, 0) is 50.8 Å². The van der Waals surface area contributed by atoms with Gasteiger partial charge in [0.25, 0.3) is 5.91 Å². The van der Waals surface area contributed by atoms with E-state index in [-0.39, 0.29) is 28.7 Å². The molecular weight excluding hydrogens is 406 g/mol. The van der Waals surface area contributed by atoms with Crippen LogP contribution in [0.15, 0.2) is 23.1 Å². The maximum Gasteiger partial charge on any atom is 0.265 e. The first-order valence-electron chi connectivity index (χ1n) is 10.8. The van der Waals surface area contributed by atoms with E-state index in [9.17, 15) is 18.0 Å². The number of benzene rings is 1. The lowest BCUT2D eigenvalue weighted by Crippen LogP contribution is -2.45. The van der Waals surface area contributed by atoms with Crippen LogP contribution in [-0.2, 0) is 19.6 Å². The Morgan fingerprint density at radius 3 is 2.53 bits per heavy atom. The van der Waals surface area contributed by atoms with E-state index in [4.69, 9.17) is 4.74 Å². The van der Waals surface area contributed by atoms with E-state index in [1.165, 1.54) is 22.9 Å². The van der Waals surface area contributed by atoms with Gasteiger partial charge < -0.3 is 15.4 Å². The number of fused-ring (bicyclic) bond motifs is 1. The van der Waals surface area contributed by atoms with Gasteiger partial charge in [0.05, 0.1) is 10.6 Å². The number of anilines is 1. The van der Waals surface area contributed by atoms with E-state index in [0.29, 0.717) is 37.4 Å². The minimum absolute atomic E-state index is 0.0571. The Labute approximate surface area is 177 Å². The summed E-state index contributed by atoms with van der Waals surface area (Å²) in [7, 11) is -3.71. The third kappa shape index (κ3) is 4.32. The molecule has 2 heterocycles. The number of nitrogens with zero attached hydrogens (tertiary/aromatic N) is 1. The average molecular weight is 436 g/mol. The minimum Gasteiger partial charge on any atom is -0.479 e. The summed E-state index contributed by atoms with van der Waals surface area (Å²) in [4.78, 5) is 24.5. The summed E-state index contributed by atoms with van der Waals surface area (Å²) in [5.74, 6) is 0.0683. The van der Waals surface area contributed by atoms with Crippen LogP contribution in [0.3, 0.4) is 0 Å². The number of hydrogen-bond acceptors (Lipinski definition) is 5. The standard InChI is InChI=1S/C21H29N3O5S/c1-14-20(25)23-18-13-17(7-8-19(18)29-14)30(27,28)24-11-9-15(10-12-24)21(26)22-16-5-3-2-4-6-16/h7-8,13-16H,2-6,9-12H2,1H3,(H,22,26)(H,23,25)/t14-/m1/s1. The van der Waals surface area contributed by atoms with E-state index < -0.39 is 16.1 Å².